The average molecular weight is 389 g/mol. The van der Waals surface area contributed by atoms with Gasteiger partial charge in [0, 0.05) is 48.7 Å². The van der Waals surface area contributed by atoms with E-state index in [0.717, 1.165) is 49.4 Å². The molecule has 3 heterocycles. The molecule has 29 heavy (non-hydrogen) atoms. The van der Waals surface area contributed by atoms with Crippen molar-refractivity contribution in [3.63, 3.8) is 0 Å². The highest BCUT2D eigenvalue weighted by Gasteiger charge is 2.28. The molecule has 1 atom stereocenters. The van der Waals surface area contributed by atoms with E-state index in [-0.39, 0.29) is 11.8 Å². The molecule has 1 fully saturated rings. The summed E-state index contributed by atoms with van der Waals surface area (Å²) in [6.45, 7) is 4.35. The number of piperidine rings is 1. The van der Waals surface area contributed by atoms with Gasteiger partial charge in [-0.1, -0.05) is 0 Å². The summed E-state index contributed by atoms with van der Waals surface area (Å²) in [4.78, 5) is 20.1. The Balaban J connectivity index is 1.27. The number of rotatable bonds is 3. The first-order valence-electron chi connectivity index (χ1n) is 10.8. The van der Waals surface area contributed by atoms with Crippen molar-refractivity contribution in [3.8, 4) is 0 Å². The van der Waals surface area contributed by atoms with Crippen LogP contribution in [-0.2, 0) is 17.6 Å². The number of fused-ring (bicyclic) bond motifs is 3. The van der Waals surface area contributed by atoms with Crippen LogP contribution in [-0.4, -0.2) is 28.4 Å². The first-order valence-corrected chi connectivity index (χ1v) is 10.8. The van der Waals surface area contributed by atoms with Crippen molar-refractivity contribution in [3.05, 3.63) is 59.5 Å². The number of aromatic nitrogens is 2. The van der Waals surface area contributed by atoms with Crippen LogP contribution in [0.25, 0.3) is 5.65 Å². The lowest BCUT2D eigenvalue weighted by Gasteiger charge is -2.29. The molecule has 2 aromatic heterocycles. The molecule has 3 aromatic rings. The highest BCUT2D eigenvalue weighted by Crippen LogP contribution is 2.28. The van der Waals surface area contributed by atoms with Gasteiger partial charge < -0.3 is 14.6 Å². The number of nitrogens with one attached hydrogen (secondary N) is 1. The Morgan fingerprint density at radius 2 is 1.90 bits per heavy atom. The van der Waals surface area contributed by atoms with Gasteiger partial charge in [-0.15, -0.1) is 0 Å². The minimum Gasteiger partial charge on any atom is -0.372 e. The van der Waals surface area contributed by atoms with Gasteiger partial charge in [0.05, 0.1) is 5.69 Å². The largest absolute Gasteiger partial charge is 0.372 e. The topological polar surface area (TPSA) is 49.6 Å². The number of benzene rings is 1. The monoisotopic (exact) mass is 388 g/mol. The molecule has 1 aromatic carbocycles. The standard InChI is InChI=1S/C24H28N4O/c1-17-11-14-28-22-16-18(5-10-21(22)26-23(28)15-17)24(29)25-19-6-8-20(9-7-19)27-12-3-2-4-13-27/h6-9,11,14-15,18H,2-5,10,12-13,16H2,1H3,(H,25,29). The van der Waals surface area contributed by atoms with E-state index in [2.05, 4.69) is 52.0 Å². The second kappa shape index (κ2) is 7.54. The zero-order valence-electron chi connectivity index (χ0n) is 17.0. The molecular formula is C24H28N4O. The van der Waals surface area contributed by atoms with Crippen molar-refractivity contribution >= 4 is 22.9 Å². The number of carbonyl (C=O) groups is 1. The van der Waals surface area contributed by atoms with E-state index in [0.29, 0.717) is 0 Å². The lowest BCUT2D eigenvalue weighted by atomic mass is 9.89. The minimum absolute atomic E-state index is 0.00882. The van der Waals surface area contributed by atoms with Crippen molar-refractivity contribution in [2.24, 2.45) is 5.92 Å². The average Bonchev–Trinajstić information content (AvgIpc) is 3.11. The fourth-order valence-corrected chi connectivity index (χ4v) is 4.68. The number of hydrogen-bond acceptors (Lipinski definition) is 3. The Morgan fingerprint density at radius 3 is 2.69 bits per heavy atom. The summed E-state index contributed by atoms with van der Waals surface area (Å²) in [7, 11) is 0. The molecule has 5 nitrogen and oxygen atoms in total. The highest BCUT2D eigenvalue weighted by atomic mass is 16.1. The molecule has 1 saturated heterocycles. The van der Waals surface area contributed by atoms with Crippen LogP contribution in [0, 0.1) is 12.8 Å². The summed E-state index contributed by atoms with van der Waals surface area (Å²) in [6, 6.07) is 12.5. The number of amides is 1. The number of pyridine rings is 1. The number of nitrogens with zero attached hydrogens (tertiary/aromatic N) is 3. The number of anilines is 2. The van der Waals surface area contributed by atoms with Gasteiger partial charge >= 0.3 is 0 Å². The number of imidazole rings is 1. The van der Waals surface area contributed by atoms with Crippen LogP contribution in [0.3, 0.4) is 0 Å². The van der Waals surface area contributed by atoms with Gasteiger partial charge in [-0.3, -0.25) is 4.79 Å². The van der Waals surface area contributed by atoms with Gasteiger partial charge in [0.2, 0.25) is 5.91 Å². The molecule has 1 N–H and O–H groups in total. The van der Waals surface area contributed by atoms with Crippen LogP contribution in [0.5, 0.6) is 0 Å². The van der Waals surface area contributed by atoms with Crippen LogP contribution in [0.15, 0.2) is 42.6 Å². The molecule has 1 unspecified atom stereocenters. The Bertz CT molecular complexity index is 1030. The Labute approximate surface area is 171 Å². The van der Waals surface area contributed by atoms with Crippen LogP contribution in [0.2, 0.25) is 0 Å². The molecule has 1 aliphatic heterocycles. The SMILES string of the molecule is Cc1ccn2c3c(nc2c1)CCC(C(=O)Nc1ccc(N2CCCCC2)cc1)C3. The predicted molar refractivity (Wildman–Crippen MR) is 117 cm³/mol. The fourth-order valence-electron chi connectivity index (χ4n) is 4.68. The van der Waals surface area contributed by atoms with E-state index >= 15 is 0 Å². The summed E-state index contributed by atoms with van der Waals surface area (Å²) in [5.74, 6) is 0.105. The second-order valence-corrected chi connectivity index (χ2v) is 8.46. The predicted octanol–water partition coefficient (Wildman–Crippen LogP) is 4.38. The lowest BCUT2D eigenvalue weighted by molar-refractivity contribution is -0.120. The Morgan fingerprint density at radius 1 is 1.10 bits per heavy atom. The van der Waals surface area contributed by atoms with Crippen LogP contribution < -0.4 is 10.2 Å². The van der Waals surface area contributed by atoms with Crippen molar-refractivity contribution in [2.75, 3.05) is 23.3 Å². The lowest BCUT2D eigenvalue weighted by Crippen LogP contribution is -2.29. The van der Waals surface area contributed by atoms with Crippen molar-refractivity contribution in [1.82, 2.24) is 9.38 Å². The van der Waals surface area contributed by atoms with E-state index in [1.54, 1.807) is 0 Å². The van der Waals surface area contributed by atoms with Crippen LogP contribution in [0.1, 0.15) is 42.6 Å². The molecule has 2 aliphatic rings. The van der Waals surface area contributed by atoms with E-state index in [1.165, 1.54) is 36.2 Å². The third-order valence-electron chi connectivity index (χ3n) is 6.36. The maximum atomic E-state index is 12.9. The van der Waals surface area contributed by atoms with Crippen molar-refractivity contribution < 1.29 is 4.79 Å². The minimum atomic E-state index is -0.00882. The molecule has 5 rings (SSSR count). The first-order chi connectivity index (χ1) is 14.2. The van der Waals surface area contributed by atoms with Gasteiger partial charge in [-0.25, -0.2) is 4.98 Å². The molecule has 150 valence electrons. The highest BCUT2D eigenvalue weighted by molar-refractivity contribution is 5.93. The van der Waals surface area contributed by atoms with E-state index in [4.69, 9.17) is 4.98 Å². The quantitative estimate of drug-likeness (QED) is 0.725. The summed E-state index contributed by atoms with van der Waals surface area (Å²) in [5, 5.41) is 3.13. The molecule has 0 radical (unpaired) electrons. The number of aryl methyl sites for hydroxylation is 2. The second-order valence-electron chi connectivity index (χ2n) is 8.46. The van der Waals surface area contributed by atoms with Crippen molar-refractivity contribution in [1.29, 1.82) is 0 Å². The molecule has 0 saturated carbocycles. The van der Waals surface area contributed by atoms with E-state index < -0.39 is 0 Å². The van der Waals surface area contributed by atoms with Crippen LogP contribution >= 0.6 is 0 Å². The smallest absolute Gasteiger partial charge is 0.227 e. The van der Waals surface area contributed by atoms with Gasteiger partial charge in [0.25, 0.3) is 0 Å². The molecule has 1 aliphatic carbocycles. The van der Waals surface area contributed by atoms with Crippen molar-refractivity contribution in [2.45, 2.75) is 45.4 Å². The maximum absolute atomic E-state index is 12.9. The van der Waals surface area contributed by atoms with E-state index in [9.17, 15) is 4.79 Å². The van der Waals surface area contributed by atoms with Crippen LogP contribution in [0.4, 0.5) is 11.4 Å². The summed E-state index contributed by atoms with van der Waals surface area (Å²) in [5.41, 5.74) is 6.67. The maximum Gasteiger partial charge on any atom is 0.227 e. The third-order valence-corrected chi connectivity index (χ3v) is 6.36. The van der Waals surface area contributed by atoms with Gasteiger partial charge in [-0.05, 0) is 81.0 Å². The molecule has 0 bridgehead atoms. The molecule has 0 spiro atoms. The fraction of sp³-hybridized carbons (Fsp3) is 0.417. The zero-order valence-corrected chi connectivity index (χ0v) is 17.0. The molecular weight excluding hydrogens is 360 g/mol. The number of hydrogen-bond donors (Lipinski definition) is 1. The summed E-state index contributed by atoms with van der Waals surface area (Å²) < 4.78 is 2.15. The summed E-state index contributed by atoms with van der Waals surface area (Å²) in [6.07, 6.45) is 8.42. The molecule has 1 amide bonds. The van der Waals surface area contributed by atoms with Gasteiger partial charge in [0.15, 0.2) is 0 Å². The molecule has 5 heteroatoms. The first kappa shape index (κ1) is 18.2. The normalized spacial score (nSPS) is 19.2. The van der Waals surface area contributed by atoms with Gasteiger partial charge in [0.1, 0.15) is 5.65 Å². The van der Waals surface area contributed by atoms with E-state index in [1.807, 2.05) is 12.1 Å². The third kappa shape index (κ3) is 3.61. The Kier molecular flexibility index (Phi) is 4.74. The number of carbonyl (C=O) groups excluding carboxylic acids is 1. The summed E-state index contributed by atoms with van der Waals surface area (Å²) >= 11 is 0. The zero-order chi connectivity index (χ0) is 19.8. The Hall–Kier alpha value is -2.82. The van der Waals surface area contributed by atoms with Gasteiger partial charge in [-0.2, -0.15) is 0 Å².